The Morgan fingerprint density at radius 3 is 2.17 bits per heavy atom. The fraction of sp³-hybridized carbons (Fsp3) is 0.364. The van der Waals surface area contributed by atoms with Crippen molar-refractivity contribution in [2.45, 2.75) is 5.54 Å². The van der Waals surface area contributed by atoms with E-state index in [-0.39, 0.29) is 5.56 Å². The third-order valence-corrected chi connectivity index (χ3v) is 2.55. The number of phenolic OH excluding ortho intramolecular Hbond substituents is 2. The summed E-state index contributed by atoms with van der Waals surface area (Å²) in [5.41, 5.74) is -1.82. The van der Waals surface area contributed by atoms with E-state index in [9.17, 15) is 15.0 Å². The van der Waals surface area contributed by atoms with Gasteiger partial charge in [0.1, 0.15) is 5.54 Å². The van der Waals surface area contributed by atoms with Gasteiger partial charge in [0.25, 0.3) is 5.91 Å². The van der Waals surface area contributed by atoms with Crippen molar-refractivity contribution in [3.8, 4) is 11.5 Å². The van der Waals surface area contributed by atoms with Gasteiger partial charge in [-0.3, -0.25) is 4.79 Å². The molecule has 0 unspecified atom stereocenters. The second kappa shape index (κ2) is 5.67. The molecular weight excluding hydrogens is 242 g/mol. The van der Waals surface area contributed by atoms with Crippen molar-refractivity contribution < 1.29 is 30.3 Å². The van der Waals surface area contributed by atoms with Gasteiger partial charge in [0.15, 0.2) is 11.5 Å². The third kappa shape index (κ3) is 2.70. The van der Waals surface area contributed by atoms with E-state index in [0.717, 1.165) is 0 Å². The average Bonchev–Trinajstić information content (AvgIpc) is 2.39. The molecule has 1 aromatic rings. The fourth-order valence-electron chi connectivity index (χ4n) is 1.29. The third-order valence-electron chi connectivity index (χ3n) is 2.55. The number of aliphatic hydroxyl groups excluding tert-OH is 3. The smallest absolute Gasteiger partial charge is 0.255 e. The van der Waals surface area contributed by atoms with Gasteiger partial charge < -0.3 is 30.8 Å². The molecule has 0 radical (unpaired) electrons. The molecule has 0 spiro atoms. The zero-order chi connectivity index (χ0) is 13.8. The standard InChI is InChI=1S/C11H15NO6/c13-4-11(5-14,6-15)12-10(18)7-2-1-3-8(16)9(7)17/h1-3,13-17H,4-6H2,(H,12,18). The molecule has 0 aliphatic rings. The molecule has 1 amide bonds. The molecule has 0 saturated heterocycles. The van der Waals surface area contributed by atoms with Gasteiger partial charge >= 0.3 is 0 Å². The highest BCUT2D eigenvalue weighted by Crippen LogP contribution is 2.28. The maximum atomic E-state index is 11.8. The molecule has 0 heterocycles. The lowest BCUT2D eigenvalue weighted by molar-refractivity contribution is 0.0374. The molecule has 0 fully saturated rings. The Hall–Kier alpha value is -1.83. The first-order valence-corrected chi connectivity index (χ1v) is 5.15. The molecule has 1 aromatic carbocycles. The SMILES string of the molecule is O=C(NC(CO)(CO)CO)c1cccc(O)c1O. The number of carbonyl (C=O) groups is 1. The van der Waals surface area contributed by atoms with Crippen molar-refractivity contribution in [3.05, 3.63) is 23.8 Å². The van der Waals surface area contributed by atoms with E-state index in [2.05, 4.69) is 5.32 Å². The molecule has 0 saturated carbocycles. The van der Waals surface area contributed by atoms with Gasteiger partial charge in [0.05, 0.1) is 25.4 Å². The van der Waals surface area contributed by atoms with Gasteiger partial charge in [0, 0.05) is 0 Å². The largest absolute Gasteiger partial charge is 0.504 e. The quantitative estimate of drug-likeness (QED) is 0.358. The maximum Gasteiger partial charge on any atom is 0.255 e. The highest BCUT2D eigenvalue weighted by Gasteiger charge is 2.31. The van der Waals surface area contributed by atoms with Crippen molar-refractivity contribution in [3.63, 3.8) is 0 Å². The van der Waals surface area contributed by atoms with Gasteiger partial charge in [-0.1, -0.05) is 6.07 Å². The highest BCUT2D eigenvalue weighted by molar-refractivity contribution is 5.98. The summed E-state index contributed by atoms with van der Waals surface area (Å²) in [6.45, 7) is -2.03. The van der Waals surface area contributed by atoms with E-state index in [1.165, 1.54) is 18.2 Å². The summed E-state index contributed by atoms with van der Waals surface area (Å²) >= 11 is 0. The summed E-state index contributed by atoms with van der Waals surface area (Å²) < 4.78 is 0. The van der Waals surface area contributed by atoms with Crippen LogP contribution in [-0.2, 0) is 0 Å². The second-order valence-electron chi connectivity index (χ2n) is 3.88. The van der Waals surface area contributed by atoms with E-state index in [0.29, 0.717) is 0 Å². The first-order valence-electron chi connectivity index (χ1n) is 5.15. The molecule has 1 rings (SSSR count). The predicted octanol–water partition coefficient (Wildman–Crippen LogP) is -1.46. The number of para-hydroxylation sites is 1. The van der Waals surface area contributed by atoms with E-state index in [4.69, 9.17) is 15.3 Å². The average molecular weight is 257 g/mol. The minimum Gasteiger partial charge on any atom is -0.504 e. The number of aromatic hydroxyl groups is 2. The summed E-state index contributed by atoms with van der Waals surface area (Å²) in [7, 11) is 0. The Morgan fingerprint density at radius 2 is 1.67 bits per heavy atom. The van der Waals surface area contributed by atoms with Crippen LogP contribution >= 0.6 is 0 Å². The summed E-state index contributed by atoms with van der Waals surface area (Å²) in [5.74, 6) is -1.91. The minimum absolute atomic E-state index is 0.227. The zero-order valence-corrected chi connectivity index (χ0v) is 9.50. The Bertz CT molecular complexity index is 421. The van der Waals surface area contributed by atoms with Crippen LogP contribution in [0.1, 0.15) is 10.4 Å². The molecule has 0 aromatic heterocycles. The van der Waals surface area contributed by atoms with Crippen LogP contribution in [0.3, 0.4) is 0 Å². The Balaban J connectivity index is 2.98. The zero-order valence-electron chi connectivity index (χ0n) is 9.50. The van der Waals surface area contributed by atoms with Crippen LogP contribution < -0.4 is 5.32 Å². The summed E-state index contributed by atoms with van der Waals surface area (Å²) in [6, 6.07) is 3.80. The number of hydrogen-bond donors (Lipinski definition) is 6. The molecular formula is C11H15NO6. The van der Waals surface area contributed by atoms with Gasteiger partial charge in [-0.25, -0.2) is 0 Å². The first-order chi connectivity index (χ1) is 8.49. The number of aliphatic hydroxyl groups is 3. The van der Waals surface area contributed by atoms with Crippen LogP contribution in [0.15, 0.2) is 18.2 Å². The van der Waals surface area contributed by atoms with Crippen LogP contribution in [0.4, 0.5) is 0 Å². The molecule has 0 bridgehead atoms. The van der Waals surface area contributed by atoms with Crippen LogP contribution in [0.25, 0.3) is 0 Å². The van der Waals surface area contributed by atoms with Crippen molar-refractivity contribution in [2.24, 2.45) is 0 Å². The van der Waals surface area contributed by atoms with Crippen LogP contribution in [-0.4, -0.2) is 56.8 Å². The topological polar surface area (TPSA) is 130 Å². The lowest BCUT2D eigenvalue weighted by Crippen LogP contribution is -2.57. The van der Waals surface area contributed by atoms with Gasteiger partial charge in [0.2, 0.25) is 0 Å². The molecule has 7 nitrogen and oxygen atoms in total. The van der Waals surface area contributed by atoms with Crippen molar-refractivity contribution >= 4 is 5.91 Å². The van der Waals surface area contributed by atoms with Crippen LogP contribution in [0.2, 0.25) is 0 Å². The monoisotopic (exact) mass is 257 g/mol. The molecule has 0 atom stereocenters. The second-order valence-corrected chi connectivity index (χ2v) is 3.88. The fourth-order valence-corrected chi connectivity index (χ4v) is 1.29. The van der Waals surface area contributed by atoms with E-state index in [1.807, 2.05) is 0 Å². The molecule has 6 N–H and O–H groups in total. The number of nitrogens with one attached hydrogen (secondary N) is 1. The molecule has 7 heteroatoms. The van der Waals surface area contributed by atoms with Gasteiger partial charge in [-0.15, -0.1) is 0 Å². The first kappa shape index (κ1) is 14.2. The molecule has 18 heavy (non-hydrogen) atoms. The van der Waals surface area contributed by atoms with Crippen molar-refractivity contribution in [2.75, 3.05) is 19.8 Å². The summed E-state index contributed by atoms with van der Waals surface area (Å²) in [5, 5.41) is 48.1. The highest BCUT2D eigenvalue weighted by atomic mass is 16.3. The Labute approximate surface area is 103 Å². The van der Waals surface area contributed by atoms with Crippen LogP contribution in [0, 0.1) is 0 Å². The number of phenols is 2. The Kier molecular flexibility index (Phi) is 4.49. The molecule has 0 aliphatic carbocycles. The van der Waals surface area contributed by atoms with Gasteiger partial charge in [-0.05, 0) is 12.1 Å². The van der Waals surface area contributed by atoms with E-state index < -0.39 is 42.8 Å². The minimum atomic E-state index is -1.59. The molecule has 100 valence electrons. The summed E-state index contributed by atoms with van der Waals surface area (Å²) in [4.78, 5) is 11.8. The predicted molar refractivity (Wildman–Crippen MR) is 61.2 cm³/mol. The lowest BCUT2D eigenvalue weighted by Gasteiger charge is -2.28. The maximum absolute atomic E-state index is 11.8. The van der Waals surface area contributed by atoms with E-state index in [1.54, 1.807) is 0 Å². The summed E-state index contributed by atoms with van der Waals surface area (Å²) in [6.07, 6.45) is 0. The van der Waals surface area contributed by atoms with E-state index >= 15 is 0 Å². The van der Waals surface area contributed by atoms with Crippen LogP contribution in [0.5, 0.6) is 11.5 Å². The number of rotatable bonds is 5. The number of amides is 1. The number of carbonyl (C=O) groups excluding carboxylic acids is 1. The number of hydrogen-bond acceptors (Lipinski definition) is 6. The van der Waals surface area contributed by atoms with Gasteiger partial charge in [-0.2, -0.15) is 0 Å². The Morgan fingerprint density at radius 1 is 1.11 bits per heavy atom. The lowest BCUT2D eigenvalue weighted by atomic mass is 10.0. The van der Waals surface area contributed by atoms with Crippen molar-refractivity contribution in [1.82, 2.24) is 5.32 Å². The normalized spacial score (nSPS) is 11.3. The van der Waals surface area contributed by atoms with Crippen molar-refractivity contribution in [1.29, 1.82) is 0 Å². The number of benzene rings is 1. The molecule has 0 aliphatic heterocycles.